The van der Waals surface area contributed by atoms with Crippen molar-refractivity contribution in [2.45, 2.75) is 95.5 Å². The first-order valence-corrected chi connectivity index (χ1v) is 22.4. The maximum atomic E-state index is 14.3. The lowest BCUT2D eigenvalue weighted by atomic mass is 9.91. The van der Waals surface area contributed by atoms with E-state index in [0.29, 0.717) is 50.5 Å². The van der Waals surface area contributed by atoms with Gasteiger partial charge in [0.05, 0.1) is 49.1 Å². The molecule has 1 aliphatic carbocycles. The Bertz CT molecular complexity index is 2600. The van der Waals surface area contributed by atoms with Crippen LogP contribution in [0.2, 0.25) is 0 Å². The lowest BCUT2D eigenvalue weighted by Gasteiger charge is -2.30. The molecule has 9 rings (SSSR count). The van der Waals surface area contributed by atoms with Crippen LogP contribution in [0, 0.1) is 17.8 Å². The van der Waals surface area contributed by atoms with E-state index in [1.165, 1.54) is 12.7 Å². The van der Waals surface area contributed by atoms with E-state index in [4.69, 9.17) is 24.2 Å². The Morgan fingerprint density at radius 2 is 1.47 bits per heavy atom. The highest BCUT2D eigenvalue weighted by Crippen LogP contribution is 2.38. The first-order chi connectivity index (χ1) is 31.1. The Kier molecular flexibility index (Phi) is 12.4. The first kappa shape index (κ1) is 42.6. The quantitative estimate of drug-likeness (QED) is 0.116. The van der Waals surface area contributed by atoms with Crippen molar-refractivity contribution in [2.24, 2.45) is 5.92 Å². The summed E-state index contributed by atoms with van der Waals surface area (Å²) in [6.45, 7) is 6.04. The minimum Gasteiger partial charge on any atom is -0.453 e. The number of aryl methyl sites for hydroxylation is 2. The van der Waals surface area contributed by atoms with Gasteiger partial charge in [0.2, 0.25) is 5.91 Å². The van der Waals surface area contributed by atoms with Crippen molar-refractivity contribution in [3.63, 3.8) is 0 Å². The van der Waals surface area contributed by atoms with Crippen LogP contribution in [0.25, 0.3) is 22.3 Å². The van der Waals surface area contributed by atoms with Crippen molar-refractivity contribution in [1.82, 2.24) is 40.4 Å². The number of imidazole rings is 2. The number of carbonyl (C=O) groups excluding carboxylic acids is 4. The second-order valence-corrected chi connectivity index (χ2v) is 17.4. The number of nitrogens with one attached hydrogen (secondary N) is 4. The molecule has 0 saturated carbocycles. The zero-order valence-electron chi connectivity index (χ0n) is 36.4. The van der Waals surface area contributed by atoms with Gasteiger partial charge in [-0.05, 0) is 85.9 Å². The van der Waals surface area contributed by atoms with Gasteiger partial charge < -0.3 is 44.6 Å². The summed E-state index contributed by atoms with van der Waals surface area (Å²) in [6.07, 6.45) is 4.57. The number of hydrogen-bond donors (Lipinski definition) is 4. The van der Waals surface area contributed by atoms with Gasteiger partial charge in [-0.1, -0.05) is 62.1 Å². The van der Waals surface area contributed by atoms with Gasteiger partial charge in [-0.15, -0.1) is 0 Å². The second-order valence-electron chi connectivity index (χ2n) is 17.4. The van der Waals surface area contributed by atoms with E-state index in [1.807, 2.05) is 78.2 Å². The number of ether oxygens (including phenoxy) is 3. The number of H-pyrrole nitrogens is 2. The Labute approximate surface area is 372 Å². The van der Waals surface area contributed by atoms with Crippen LogP contribution in [-0.2, 0) is 36.6 Å². The number of benzene rings is 3. The monoisotopic (exact) mass is 866 g/mol. The Morgan fingerprint density at radius 1 is 0.781 bits per heavy atom. The number of carbonyl (C=O) groups is 4. The topological polar surface area (TPSA) is 184 Å². The van der Waals surface area contributed by atoms with E-state index in [2.05, 4.69) is 44.6 Å². The van der Waals surface area contributed by atoms with Crippen LogP contribution in [0.4, 0.5) is 9.59 Å². The molecule has 0 spiro atoms. The zero-order valence-corrected chi connectivity index (χ0v) is 36.4. The maximum Gasteiger partial charge on any atom is 0.408 e. The molecule has 15 nitrogen and oxygen atoms in total. The van der Waals surface area contributed by atoms with Crippen molar-refractivity contribution < 1.29 is 33.4 Å². The van der Waals surface area contributed by atoms with Gasteiger partial charge in [0.25, 0.3) is 5.91 Å². The molecule has 3 fully saturated rings. The molecule has 4 unspecified atom stereocenters. The molecule has 3 aromatic carbocycles. The van der Waals surface area contributed by atoms with Gasteiger partial charge in [0, 0.05) is 48.3 Å². The highest BCUT2D eigenvalue weighted by Gasteiger charge is 2.39. The summed E-state index contributed by atoms with van der Waals surface area (Å²) in [7, 11) is 1.30. The molecule has 64 heavy (non-hydrogen) atoms. The van der Waals surface area contributed by atoms with Crippen molar-refractivity contribution in [2.75, 3.05) is 33.4 Å². The Hall–Kier alpha value is -6.66. The SMILES string of the molecule is COC(=O)NC(C(=O)N1CCCC1c1nc2c([nH]1)CCc1cc(C#Cc3ccc4nc(C5CCCN5C(=O)C(NC(=O)OC5CCOCC5)c5ccccc5)[nH]c4c3)ccc1-2)C(C)C. The van der Waals surface area contributed by atoms with E-state index >= 15 is 0 Å². The molecule has 4 atom stereocenters. The lowest BCUT2D eigenvalue weighted by Crippen LogP contribution is -2.51. The van der Waals surface area contributed by atoms with Crippen LogP contribution in [-0.4, -0.2) is 99.3 Å². The average molecular weight is 867 g/mol. The summed E-state index contributed by atoms with van der Waals surface area (Å²) < 4.78 is 15.9. The number of alkyl carbamates (subject to hydrolysis) is 2. The fraction of sp³-hybridized carbons (Fsp3) is 0.429. The Morgan fingerprint density at radius 3 is 2.19 bits per heavy atom. The molecule has 5 aromatic rings. The Balaban J connectivity index is 0.888. The van der Waals surface area contributed by atoms with Gasteiger partial charge >= 0.3 is 12.2 Å². The molecule has 332 valence electrons. The van der Waals surface area contributed by atoms with E-state index in [-0.39, 0.29) is 35.9 Å². The number of aromatic amines is 2. The highest BCUT2D eigenvalue weighted by atomic mass is 16.6. The molecule has 5 heterocycles. The number of likely N-dealkylation sites (tertiary alicyclic amines) is 2. The number of rotatable bonds is 9. The number of methoxy groups -OCH3 is 1. The average Bonchev–Trinajstić information content (AvgIpc) is 4.15. The third-order valence-corrected chi connectivity index (χ3v) is 12.8. The second kappa shape index (κ2) is 18.6. The van der Waals surface area contributed by atoms with Crippen LogP contribution in [0.5, 0.6) is 0 Å². The third kappa shape index (κ3) is 8.92. The van der Waals surface area contributed by atoms with Crippen LogP contribution in [0.3, 0.4) is 0 Å². The summed E-state index contributed by atoms with van der Waals surface area (Å²) in [6, 6.07) is 19.3. The molecular formula is C49H54N8O7. The highest BCUT2D eigenvalue weighted by molar-refractivity contribution is 5.88. The van der Waals surface area contributed by atoms with Crippen molar-refractivity contribution in [3.05, 3.63) is 106 Å². The first-order valence-electron chi connectivity index (χ1n) is 22.4. The van der Waals surface area contributed by atoms with Gasteiger partial charge in [-0.2, -0.15) is 0 Å². The minimum atomic E-state index is -0.912. The molecular weight excluding hydrogens is 813 g/mol. The third-order valence-electron chi connectivity index (χ3n) is 12.8. The summed E-state index contributed by atoms with van der Waals surface area (Å²) in [4.78, 5) is 73.9. The number of amides is 4. The molecule has 3 saturated heterocycles. The molecule has 4 amide bonds. The number of aromatic nitrogens is 4. The summed E-state index contributed by atoms with van der Waals surface area (Å²) in [5.74, 6) is 7.71. The van der Waals surface area contributed by atoms with Crippen molar-refractivity contribution in [3.8, 4) is 23.1 Å². The number of nitrogens with zero attached hydrogens (tertiary/aromatic N) is 4. The van der Waals surface area contributed by atoms with E-state index in [9.17, 15) is 19.2 Å². The predicted octanol–water partition coefficient (Wildman–Crippen LogP) is 6.81. The minimum absolute atomic E-state index is 0.110. The molecule has 15 heteroatoms. The molecule has 3 aliphatic heterocycles. The fourth-order valence-electron chi connectivity index (χ4n) is 9.47. The molecule has 0 radical (unpaired) electrons. The van der Waals surface area contributed by atoms with Crippen molar-refractivity contribution in [1.29, 1.82) is 0 Å². The predicted molar refractivity (Wildman–Crippen MR) is 238 cm³/mol. The number of fused-ring (bicyclic) bond motifs is 4. The van der Waals surface area contributed by atoms with Gasteiger partial charge in [-0.3, -0.25) is 9.59 Å². The van der Waals surface area contributed by atoms with E-state index in [1.54, 1.807) is 0 Å². The van der Waals surface area contributed by atoms with Gasteiger partial charge in [0.1, 0.15) is 29.8 Å². The molecule has 2 aromatic heterocycles. The van der Waals surface area contributed by atoms with E-state index in [0.717, 1.165) is 83.5 Å². The number of hydrogen-bond acceptors (Lipinski definition) is 9. The van der Waals surface area contributed by atoms with Gasteiger partial charge in [-0.25, -0.2) is 19.6 Å². The smallest absolute Gasteiger partial charge is 0.408 e. The summed E-state index contributed by atoms with van der Waals surface area (Å²) >= 11 is 0. The summed E-state index contributed by atoms with van der Waals surface area (Å²) in [5.41, 5.74) is 8.21. The van der Waals surface area contributed by atoms with Crippen LogP contribution in [0.15, 0.2) is 66.7 Å². The largest absolute Gasteiger partial charge is 0.453 e. The molecule has 4 N–H and O–H groups in total. The van der Waals surface area contributed by atoms with E-state index < -0.39 is 24.3 Å². The van der Waals surface area contributed by atoms with Crippen LogP contribution < -0.4 is 10.6 Å². The fourth-order valence-corrected chi connectivity index (χ4v) is 9.47. The van der Waals surface area contributed by atoms with Crippen LogP contribution >= 0.6 is 0 Å². The normalized spacial score (nSPS) is 19.3. The zero-order chi connectivity index (χ0) is 44.3. The van der Waals surface area contributed by atoms with Crippen molar-refractivity contribution >= 4 is 35.0 Å². The van der Waals surface area contributed by atoms with Crippen LogP contribution in [0.1, 0.15) is 110 Å². The molecule has 4 aliphatic rings. The lowest BCUT2D eigenvalue weighted by molar-refractivity contribution is -0.136. The standard InChI is InChI=1S/C49H54N8O7/c1-29(2)41(54-48(60)62-3)46(58)56-23-8-12-40(56)45-51-37-20-17-33-27-30(15-18-35(33)43(37)53-45)13-14-31-16-19-36-38(28-31)52-44(50-36)39-11-7-24-57(39)47(59)42(32-9-5-4-6-10-32)55-49(61)64-34-21-25-63-26-22-34/h4-6,9-10,15-16,18-19,27-29,34,39-42H,7-8,11-12,17,20-26H2,1-3H3,(H,50,52)(H,51,53)(H,54,60)(H,55,61). The molecule has 0 bridgehead atoms. The van der Waals surface area contributed by atoms with Gasteiger partial charge in [0.15, 0.2) is 0 Å². The summed E-state index contributed by atoms with van der Waals surface area (Å²) in [5, 5.41) is 5.59. The maximum absolute atomic E-state index is 14.3.